The highest BCUT2D eigenvalue weighted by molar-refractivity contribution is 9.10. The van der Waals surface area contributed by atoms with Crippen molar-refractivity contribution in [3.05, 3.63) is 80.6 Å². The van der Waals surface area contributed by atoms with Crippen molar-refractivity contribution in [2.75, 3.05) is 0 Å². The van der Waals surface area contributed by atoms with Gasteiger partial charge in [-0.15, -0.1) is 10.2 Å². The normalized spacial score (nSPS) is 11.2. The van der Waals surface area contributed by atoms with E-state index in [9.17, 15) is 4.79 Å². The summed E-state index contributed by atoms with van der Waals surface area (Å²) in [5.41, 5.74) is 3.45. The molecule has 1 aromatic carbocycles. The van der Waals surface area contributed by atoms with E-state index >= 15 is 0 Å². The lowest BCUT2D eigenvalue weighted by molar-refractivity contribution is 0.866. The molecule has 0 aliphatic rings. The van der Waals surface area contributed by atoms with Crippen LogP contribution in [0.1, 0.15) is 17.1 Å². The van der Waals surface area contributed by atoms with Crippen LogP contribution in [0.25, 0.3) is 11.3 Å². The lowest BCUT2D eigenvalue weighted by atomic mass is 10.2. The summed E-state index contributed by atoms with van der Waals surface area (Å²) in [7, 11) is 0. The molecule has 0 spiro atoms. The fraction of sp³-hybridized carbons (Fsp3) is 0.158. The summed E-state index contributed by atoms with van der Waals surface area (Å²) >= 11 is 4.88. The molecule has 4 rings (SSSR count). The van der Waals surface area contributed by atoms with Crippen LogP contribution < -0.4 is 5.56 Å². The van der Waals surface area contributed by atoms with Crippen LogP contribution in [0.15, 0.2) is 63.1 Å². The van der Waals surface area contributed by atoms with E-state index in [1.807, 2.05) is 35.8 Å². The van der Waals surface area contributed by atoms with E-state index in [2.05, 4.69) is 50.2 Å². The molecule has 27 heavy (non-hydrogen) atoms. The summed E-state index contributed by atoms with van der Waals surface area (Å²) in [4.78, 5) is 16.9. The van der Waals surface area contributed by atoms with Crippen molar-refractivity contribution in [3.8, 4) is 5.69 Å². The number of halogens is 1. The quantitative estimate of drug-likeness (QED) is 0.448. The number of hydrogen-bond acceptors (Lipinski definition) is 5. The number of nitrogens with zero attached hydrogens (tertiary/aromatic N) is 5. The van der Waals surface area contributed by atoms with Crippen LogP contribution in [-0.4, -0.2) is 24.1 Å². The molecule has 0 N–H and O–H groups in total. The number of pyridine rings is 1. The Labute approximate surface area is 168 Å². The van der Waals surface area contributed by atoms with E-state index in [1.54, 1.807) is 12.3 Å². The third kappa shape index (κ3) is 3.68. The van der Waals surface area contributed by atoms with Gasteiger partial charge in [-0.1, -0.05) is 29.5 Å². The van der Waals surface area contributed by atoms with Crippen molar-refractivity contribution in [1.82, 2.24) is 24.1 Å². The van der Waals surface area contributed by atoms with Crippen LogP contribution in [0, 0.1) is 13.8 Å². The Bertz CT molecular complexity index is 1180. The van der Waals surface area contributed by atoms with Crippen molar-refractivity contribution >= 4 is 33.3 Å². The number of fused-ring (bicyclic) bond motifs is 1. The smallest absolute Gasteiger partial charge is 0.258 e. The lowest BCUT2D eigenvalue weighted by Gasteiger charge is -2.09. The van der Waals surface area contributed by atoms with Crippen molar-refractivity contribution in [3.63, 3.8) is 0 Å². The molecule has 0 bridgehead atoms. The van der Waals surface area contributed by atoms with E-state index in [-0.39, 0.29) is 5.56 Å². The lowest BCUT2D eigenvalue weighted by Crippen LogP contribution is -2.15. The zero-order chi connectivity index (χ0) is 19.0. The number of benzene rings is 1. The first kappa shape index (κ1) is 17.9. The molecule has 0 aliphatic heterocycles. The molecule has 8 heteroatoms. The summed E-state index contributed by atoms with van der Waals surface area (Å²) in [5.74, 6) is 1.35. The van der Waals surface area contributed by atoms with Crippen LogP contribution in [0.5, 0.6) is 0 Å². The Morgan fingerprint density at radius 2 is 1.85 bits per heavy atom. The first-order chi connectivity index (χ1) is 13.0. The molecule has 0 fully saturated rings. The van der Waals surface area contributed by atoms with E-state index in [1.165, 1.54) is 21.7 Å². The Morgan fingerprint density at radius 1 is 1.07 bits per heavy atom. The van der Waals surface area contributed by atoms with Crippen LogP contribution in [0.3, 0.4) is 0 Å². The first-order valence-corrected chi connectivity index (χ1v) is 10.1. The maximum absolute atomic E-state index is 12.3. The van der Waals surface area contributed by atoms with Crippen LogP contribution in [-0.2, 0) is 5.75 Å². The van der Waals surface area contributed by atoms with Gasteiger partial charge in [0.25, 0.3) is 5.56 Å². The second kappa shape index (κ2) is 7.28. The fourth-order valence-electron chi connectivity index (χ4n) is 2.77. The molecule has 0 atom stereocenters. The van der Waals surface area contributed by atoms with Gasteiger partial charge < -0.3 is 0 Å². The number of hydrogen-bond donors (Lipinski definition) is 0. The van der Waals surface area contributed by atoms with Crippen molar-refractivity contribution in [1.29, 1.82) is 0 Å². The van der Waals surface area contributed by atoms with Gasteiger partial charge >= 0.3 is 0 Å². The molecule has 0 saturated carbocycles. The highest BCUT2D eigenvalue weighted by Crippen LogP contribution is 2.24. The number of aromatic nitrogens is 5. The molecular weight excluding hydrogens is 426 g/mol. The zero-order valence-electron chi connectivity index (χ0n) is 14.8. The largest absolute Gasteiger partial charge is 0.274 e. The van der Waals surface area contributed by atoms with Gasteiger partial charge in [0, 0.05) is 28.2 Å². The summed E-state index contributed by atoms with van der Waals surface area (Å²) < 4.78 is 4.37. The summed E-state index contributed by atoms with van der Waals surface area (Å²) in [5, 5.41) is 9.26. The monoisotopic (exact) mass is 441 g/mol. The standard InChI is InChI=1S/C19H16BrN5OS/c1-12-3-6-16(7-4-12)25-13(2)22-23-19(25)27-11-15-9-18(26)24-10-14(20)5-8-17(24)21-15/h3-10H,11H2,1-2H3. The van der Waals surface area contributed by atoms with Crippen molar-refractivity contribution in [2.24, 2.45) is 0 Å². The highest BCUT2D eigenvalue weighted by Gasteiger charge is 2.12. The second-order valence-corrected chi connectivity index (χ2v) is 8.01. The Morgan fingerprint density at radius 3 is 2.63 bits per heavy atom. The Kier molecular flexibility index (Phi) is 4.84. The van der Waals surface area contributed by atoms with Gasteiger partial charge in [0.15, 0.2) is 5.16 Å². The molecule has 0 aliphatic carbocycles. The van der Waals surface area contributed by atoms with Crippen LogP contribution in [0.2, 0.25) is 0 Å². The third-order valence-electron chi connectivity index (χ3n) is 4.11. The van der Waals surface area contributed by atoms with Crippen molar-refractivity contribution in [2.45, 2.75) is 24.8 Å². The molecular formula is C19H16BrN5OS. The average Bonchev–Trinajstić information content (AvgIpc) is 3.02. The molecule has 6 nitrogen and oxygen atoms in total. The minimum atomic E-state index is -0.104. The van der Waals surface area contributed by atoms with E-state index in [4.69, 9.17) is 0 Å². The van der Waals surface area contributed by atoms with Gasteiger partial charge in [-0.25, -0.2) is 4.98 Å². The predicted octanol–water partition coefficient (Wildman–Crippen LogP) is 3.95. The molecule has 0 radical (unpaired) electrons. The molecule has 3 heterocycles. The Balaban J connectivity index is 1.63. The SMILES string of the molecule is Cc1ccc(-n2c(C)nnc2SCc2cc(=O)n3cc(Br)ccc3n2)cc1. The fourth-order valence-corrected chi connectivity index (χ4v) is 3.99. The molecule has 136 valence electrons. The van der Waals surface area contributed by atoms with E-state index in [0.29, 0.717) is 17.1 Å². The molecule has 3 aromatic heterocycles. The van der Waals surface area contributed by atoms with Crippen LogP contribution >= 0.6 is 27.7 Å². The predicted molar refractivity (Wildman–Crippen MR) is 110 cm³/mol. The highest BCUT2D eigenvalue weighted by atomic mass is 79.9. The van der Waals surface area contributed by atoms with Gasteiger partial charge in [0.05, 0.1) is 5.69 Å². The number of aryl methyl sites for hydroxylation is 2. The molecule has 0 amide bonds. The number of rotatable bonds is 4. The number of thioether (sulfide) groups is 1. The minimum absolute atomic E-state index is 0.104. The zero-order valence-corrected chi connectivity index (χ0v) is 17.2. The van der Waals surface area contributed by atoms with Gasteiger partial charge in [-0.2, -0.15) is 0 Å². The maximum Gasteiger partial charge on any atom is 0.258 e. The molecule has 4 aromatic rings. The van der Waals surface area contributed by atoms with Gasteiger partial charge in [0.1, 0.15) is 11.5 Å². The minimum Gasteiger partial charge on any atom is -0.274 e. The topological polar surface area (TPSA) is 65.1 Å². The van der Waals surface area contributed by atoms with Gasteiger partial charge in [0.2, 0.25) is 0 Å². The maximum atomic E-state index is 12.3. The Hall–Kier alpha value is -2.45. The first-order valence-electron chi connectivity index (χ1n) is 8.31. The van der Waals surface area contributed by atoms with Gasteiger partial charge in [-0.05, 0) is 54.0 Å². The van der Waals surface area contributed by atoms with Crippen molar-refractivity contribution < 1.29 is 0 Å². The van der Waals surface area contributed by atoms with E-state index in [0.717, 1.165) is 21.1 Å². The van der Waals surface area contributed by atoms with Crippen LogP contribution in [0.4, 0.5) is 0 Å². The summed E-state index contributed by atoms with van der Waals surface area (Å²) in [6, 6.07) is 13.5. The summed E-state index contributed by atoms with van der Waals surface area (Å²) in [6.07, 6.45) is 1.72. The van der Waals surface area contributed by atoms with Gasteiger partial charge in [-0.3, -0.25) is 13.8 Å². The second-order valence-electron chi connectivity index (χ2n) is 6.15. The van der Waals surface area contributed by atoms with E-state index < -0.39 is 0 Å². The summed E-state index contributed by atoms with van der Waals surface area (Å²) in [6.45, 7) is 3.98. The molecule has 0 unspecified atom stereocenters. The third-order valence-corrected chi connectivity index (χ3v) is 5.54. The molecule has 0 saturated heterocycles. The average molecular weight is 442 g/mol.